The second-order valence-corrected chi connectivity index (χ2v) is 5.94. The van der Waals surface area contributed by atoms with Gasteiger partial charge in [0, 0.05) is 37.2 Å². The molecule has 100 valence electrons. The summed E-state index contributed by atoms with van der Waals surface area (Å²) in [6.07, 6.45) is 0. The fourth-order valence-corrected chi connectivity index (χ4v) is 3.26. The third kappa shape index (κ3) is 3.97. The summed E-state index contributed by atoms with van der Waals surface area (Å²) < 4.78 is 0. The monoisotopic (exact) mass is 265 g/mol. The summed E-state index contributed by atoms with van der Waals surface area (Å²) in [6, 6.07) is 7.03. The van der Waals surface area contributed by atoms with Gasteiger partial charge in [0.1, 0.15) is 0 Å². The Morgan fingerprint density at radius 1 is 1.44 bits per heavy atom. The molecule has 0 aliphatic carbocycles. The van der Waals surface area contributed by atoms with Crippen molar-refractivity contribution >= 4 is 11.8 Å². The Morgan fingerprint density at radius 3 is 3.06 bits per heavy atom. The molecule has 0 bridgehead atoms. The number of hydrogen-bond donors (Lipinski definition) is 1. The van der Waals surface area contributed by atoms with Gasteiger partial charge in [-0.05, 0) is 25.6 Å². The van der Waals surface area contributed by atoms with Crippen molar-refractivity contribution in [3.8, 4) is 0 Å². The first kappa shape index (κ1) is 13.8. The van der Waals surface area contributed by atoms with Crippen LogP contribution in [0.1, 0.15) is 25.2 Å². The average Bonchev–Trinajstić information content (AvgIpc) is 2.40. The molecule has 1 atom stereocenters. The maximum atomic E-state index is 4.73. The molecule has 4 heteroatoms. The Labute approximate surface area is 114 Å². The quantitative estimate of drug-likeness (QED) is 0.883. The van der Waals surface area contributed by atoms with Crippen LogP contribution in [0.2, 0.25) is 0 Å². The SMILES string of the molecule is CCNCc1cccc(CN2CCSCC2C)n1. The van der Waals surface area contributed by atoms with E-state index < -0.39 is 0 Å². The third-order valence-corrected chi connectivity index (χ3v) is 4.48. The lowest BCUT2D eigenvalue weighted by atomic mass is 10.2. The van der Waals surface area contributed by atoms with Crippen LogP contribution in [0.15, 0.2) is 18.2 Å². The summed E-state index contributed by atoms with van der Waals surface area (Å²) in [4.78, 5) is 7.27. The second-order valence-electron chi connectivity index (χ2n) is 4.80. The Kier molecular flexibility index (Phi) is 5.47. The van der Waals surface area contributed by atoms with Crippen molar-refractivity contribution in [3.05, 3.63) is 29.6 Å². The van der Waals surface area contributed by atoms with E-state index in [1.807, 2.05) is 0 Å². The smallest absolute Gasteiger partial charge is 0.0547 e. The minimum Gasteiger partial charge on any atom is -0.311 e. The van der Waals surface area contributed by atoms with Crippen LogP contribution in [0.3, 0.4) is 0 Å². The van der Waals surface area contributed by atoms with Gasteiger partial charge in [0.2, 0.25) is 0 Å². The zero-order valence-electron chi connectivity index (χ0n) is 11.4. The van der Waals surface area contributed by atoms with Gasteiger partial charge in [-0.3, -0.25) is 9.88 Å². The van der Waals surface area contributed by atoms with E-state index in [1.54, 1.807) is 0 Å². The molecule has 1 unspecified atom stereocenters. The topological polar surface area (TPSA) is 28.2 Å². The Balaban J connectivity index is 1.95. The summed E-state index contributed by atoms with van der Waals surface area (Å²) in [5.41, 5.74) is 2.34. The molecule has 0 saturated carbocycles. The van der Waals surface area contributed by atoms with Gasteiger partial charge in [-0.15, -0.1) is 0 Å². The van der Waals surface area contributed by atoms with Crippen LogP contribution in [-0.2, 0) is 13.1 Å². The molecule has 2 heterocycles. The van der Waals surface area contributed by atoms with Crippen molar-refractivity contribution in [2.24, 2.45) is 0 Å². The summed E-state index contributed by atoms with van der Waals surface area (Å²) >= 11 is 2.06. The van der Waals surface area contributed by atoms with Crippen molar-refractivity contribution in [2.75, 3.05) is 24.6 Å². The Hall–Kier alpha value is -0.580. The standard InChI is InChI=1S/C14H23N3S/c1-3-15-9-13-5-4-6-14(16-13)10-17-7-8-18-11-12(17)2/h4-6,12,15H,3,7-11H2,1-2H3. The first-order valence-corrected chi connectivity index (χ1v) is 7.92. The lowest BCUT2D eigenvalue weighted by Gasteiger charge is -2.32. The van der Waals surface area contributed by atoms with Crippen molar-refractivity contribution < 1.29 is 0 Å². The minimum atomic E-state index is 0.669. The maximum Gasteiger partial charge on any atom is 0.0547 e. The highest BCUT2D eigenvalue weighted by Gasteiger charge is 2.18. The molecule has 1 aliphatic heterocycles. The first-order chi connectivity index (χ1) is 8.79. The largest absolute Gasteiger partial charge is 0.311 e. The lowest BCUT2D eigenvalue weighted by molar-refractivity contribution is 0.221. The van der Waals surface area contributed by atoms with Gasteiger partial charge in [0.15, 0.2) is 0 Å². The van der Waals surface area contributed by atoms with E-state index in [0.717, 1.165) is 25.3 Å². The summed E-state index contributed by atoms with van der Waals surface area (Å²) in [6.45, 7) is 8.47. The summed E-state index contributed by atoms with van der Waals surface area (Å²) in [5.74, 6) is 2.50. The molecule has 3 nitrogen and oxygen atoms in total. The zero-order valence-corrected chi connectivity index (χ0v) is 12.2. The van der Waals surface area contributed by atoms with E-state index >= 15 is 0 Å². The molecule has 0 radical (unpaired) electrons. The summed E-state index contributed by atoms with van der Waals surface area (Å²) in [7, 11) is 0. The van der Waals surface area contributed by atoms with Crippen LogP contribution < -0.4 is 5.32 Å². The van der Waals surface area contributed by atoms with Crippen molar-refractivity contribution in [3.63, 3.8) is 0 Å². The number of rotatable bonds is 5. The van der Waals surface area contributed by atoms with Gasteiger partial charge in [-0.25, -0.2) is 0 Å². The molecular formula is C14H23N3S. The van der Waals surface area contributed by atoms with Gasteiger partial charge >= 0.3 is 0 Å². The fourth-order valence-electron chi connectivity index (χ4n) is 2.17. The zero-order chi connectivity index (χ0) is 12.8. The number of nitrogens with zero attached hydrogens (tertiary/aromatic N) is 2. The van der Waals surface area contributed by atoms with Crippen molar-refractivity contribution in [1.82, 2.24) is 15.2 Å². The highest BCUT2D eigenvalue weighted by Crippen LogP contribution is 2.17. The number of hydrogen-bond acceptors (Lipinski definition) is 4. The van der Waals surface area contributed by atoms with E-state index in [0.29, 0.717) is 6.04 Å². The predicted octanol–water partition coefficient (Wildman–Crippen LogP) is 2.13. The van der Waals surface area contributed by atoms with Gasteiger partial charge in [-0.2, -0.15) is 11.8 Å². The molecular weight excluding hydrogens is 242 g/mol. The number of aromatic nitrogens is 1. The summed E-state index contributed by atoms with van der Waals surface area (Å²) in [5, 5.41) is 3.32. The molecule has 1 aliphatic rings. The molecule has 1 N–H and O–H groups in total. The van der Waals surface area contributed by atoms with Gasteiger partial charge in [0.25, 0.3) is 0 Å². The molecule has 1 aromatic rings. The minimum absolute atomic E-state index is 0.669. The molecule has 0 amide bonds. The highest BCUT2D eigenvalue weighted by atomic mass is 32.2. The van der Waals surface area contributed by atoms with Gasteiger partial charge in [-0.1, -0.05) is 13.0 Å². The fraction of sp³-hybridized carbons (Fsp3) is 0.643. The van der Waals surface area contributed by atoms with Crippen LogP contribution in [-0.4, -0.2) is 40.5 Å². The number of nitrogens with one attached hydrogen (secondary N) is 1. The molecule has 1 aromatic heterocycles. The van der Waals surface area contributed by atoms with Gasteiger partial charge < -0.3 is 5.32 Å². The third-order valence-electron chi connectivity index (χ3n) is 3.29. The Morgan fingerprint density at radius 2 is 2.28 bits per heavy atom. The van der Waals surface area contributed by atoms with Crippen molar-refractivity contribution in [2.45, 2.75) is 33.0 Å². The average molecular weight is 265 g/mol. The van der Waals surface area contributed by atoms with Crippen molar-refractivity contribution in [1.29, 1.82) is 0 Å². The number of pyridine rings is 1. The van der Waals surface area contributed by atoms with Crippen LogP contribution in [0.25, 0.3) is 0 Å². The van der Waals surface area contributed by atoms with E-state index in [9.17, 15) is 0 Å². The molecule has 18 heavy (non-hydrogen) atoms. The Bertz CT molecular complexity index is 370. The molecule has 0 aromatic carbocycles. The molecule has 1 saturated heterocycles. The van der Waals surface area contributed by atoms with E-state index in [2.05, 4.69) is 54.0 Å². The second kappa shape index (κ2) is 7.12. The van der Waals surface area contributed by atoms with Crippen LogP contribution in [0.5, 0.6) is 0 Å². The van der Waals surface area contributed by atoms with Crippen LogP contribution in [0, 0.1) is 0 Å². The van der Waals surface area contributed by atoms with Crippen LogP contribution in [0.4, 0.5) is 0 Å². The number of thioether (sulfide) groups is 1. The van der Waals surface area contributed by atoms with E-state index in [1.165, 1.54) is 23.7 Å². The van der Waals surface area contributed by atoms with Crippen LogP contribution >= 0.6 is 11.8 Å². The molecule has 2 rings (SSSR count). The maximum absolute atomic E-state index is 4.73. The predicted molar refractivity (Wildman–Crippen MR) is 78.8 cm³/mol. The first-order valence-electron chi connectivity index (χ1n) is 6.77. The van der Waals surface area contributed by atoms with Gasteiger partial charge in [0.05, 0.1) is 11.4 Å². The highest BCUT2D eigenvalue weighted by molar-refractivity contribution is 7.99. The van der Waals surface area contributed by atoms with E-state index in [4.69, 9.17) is 4.98 Å². The normalized spacial score (nSPS) is 21.1. The molecule has 0 spiro atoms. The lowest BCUT2D eigenvalue weighted by Crippen LogP contribution is -2.39. The van der Waals surface area contributed by atoms with E-state index in [-0.39, 0.29) is 0 Å². The molecule has 1 fully saturated rings.